The fraction of sp³-hybridized carbons (Fsp3) is 0.200. The van der Waals surface area contributed by atoms with Crippen molar-refractivity contribution in [3.8, 4) is 5.82 Å². The number of alkyl halides is 1. The summed E-state index contributed by atoms with van der Waals surface area (Å²) in [6, 6.07) is 3.48. The molecule has 2 aromatic rings. The first-order chi connectivity index (χ1) is 8.16. The first-order valence-electron chi connectivity index (χ1n) is 4.93. The number of carbonyl (C=O) groups is 1. The Bertz CT molecular complexity index is 494. The average molecular weight is 252 g/mol. The Kier molecular flexibility index (Phi) is 3.34. The van der Waals surface area contributed by atoms with Crippen LogP contribution in [0.1, 0.15) is 6.92 Å². The van der Waals surface area contributed by atoms with Crippen LogP contribution in [-0.4, -0.2) is 31.0 Å². The third kappa shape index (κ3) is 2.79. The van der Waals surface area contributed by atoms with E-state index in [1.165, 1.54) is 0 Å². The van der Waals surface area contributed by atoms with Crippen LogP contribution in [0.4, 0.5) is 5.69 Å². The molecule has 0 aliphatic rings. The second kappa shape index (κ2) is 4.92. The van der Waals surface area contributed by atoms with Crippen molar-refractivity contribution in [2.24, 2.45) is 0 Å². The number of halogens is 1. The number of anilines is 1. The monoisotopic (exact) mass is 251 g/mol. The smallest absolute Gasteiger partial charge is 0.242 e. The van der Waals surface area contributed by atoms with Gasteiger partial charge < -0.3 is 5.32 Å². The van der Waals surface area contributed by atoms with Crippen molar-refractivity contribution in [1.29, 1.82) is 0 Å². The normalized spacial score (nSPS) is 12.1. The van der Waals surface area contributed by atoms with Crippen LogP contribution in [0.5, 0.6) is 0 Å². The maximum Gasteiger partial charge on any atom is 0.242 e. The van der Waals surface area contributed by atoms with Gasteiger partial charge in [-0.3, -0.25) is 9.36 Å². The molecule has 17 heavy (non-hydrogen) atoms. The average Bonchev–Trinajstić information content (AvgIpc) is 2.83. The molecule has 88 valence electrons. The van der Waals surface area contributed by atoms with Crippen LogP contribution in [0.2, 0.25) is 0 Å². The van der Waals surface area contributed by atoms with E-state index in [4.69, 9.17) is 11.6 Å². The van der Waals surface area contributed by atoms with Gasteiger partial charge in [0.25, 0.3) is 0 Å². The molecule has 6 nitrogen and oxygen atoms in total. The van der Waals surface area contributed by atoms with Crippen LogP contribution >= 0.6 is 11.6 Å². The molecule has 1 amide bonds. The molecule has 1 unspecified atom stereocenters. The number of nitrogens with zero attached hydrogens (tertiary/aromatic N) is 4. The predicted molar refractivity (Wildman–Crippen MR) is 63.1 cm³/mol. The molecule has 0 radical (unpaired) electrons. The van der Waals surface area contributed by atoms with Gasteiger partial charge in [-0.05, 0) is 19.1 Å². The topological polar surface area (TPSA) is 72.7 Å². The van der Waals surface area contributed by atoms with Gasteiger partial charge in [-0.15, -0.1) is 21.8 Å². The molecular formula is C10H10ClN5O. The number of hydrogen-bond donors (Lipinski definition) is 1. The third-order valence-electron chi connectivity index (χ3n) is 2.06. The summed E-state index contributed by atoms with van der Waals surface area (Å²) in [6.45, 7) is 1.61. The van der Waals surface area contributed by atoms with E-state index < -0.39 is 5.38 Å². The highest BCUT2D eigenvalue weighted by Crippen LogP contribution is 2.10. The number of pyridine rings is 1. The van der Waals surface area contributed by atoms with Crippen molar-refractivity contribution >= 4 is 23.2 Å². The summed E-state index contributed by atoms with van der Waals surface area (Å²) >= 11 is 5.64. The van der Waals surface area contributed by atoms with Crippen molar-refractivity contribution in [1.82, 2.24) is 19.7 Å². The van der Waals surface area contributed by atoms with E-state index in [0.29, 0.717) is 11.5 Å². The molecule has 0 aliphatic carbocycles. The minimum Gasteiger partial charge on any atom is -0.323 e. The van der Waals surface area contributed by atoms with Crippen LogP contribution in [-0.2, 0) is 4.79 Å². The summed E-state index contributed by atoms with van der Waals surface area (Å²) in [7, 11) is 0. The number of aromatic nitrogens is 4. The van der Waals surface area contributed by atoms with Crippen LogP contribution in [0.15, 0.2) is 31.0 Å². The Morgan fingerprint density at radius 3 is 2.65 bits per heavy atom. The molecule has 0 spiro atoms. The molecular weight excluding hydrogens is 242 g/mol. The number of carbonyl (C=O) groups excluding carboxylic acids is 1. The van der Waals surface area contributed by atoms with Gasteiger partial charge in [0.2, 0.25) is 5.91 Å². The zero-order valence-electron chi connectivity index (χ0n) is 9.04. The van der Waals surface area contributed by atoms with E-state index >= 15 is 0 Å². The van der Waals surface area contributed by atoms with Gasteiger partial charge in [-0.25, -0.2) is 4.98 Å². The van der Waals surface area contributed by atoms with E-state index in [-0.39, 0.29) is 5.91 Å². The lowest BCUT2D eigenvalue weighted by Crippen LogP contribution is -2.20. The molecule has 1 N–H and O–H groups in total. The number of nitrogens with one attached hydrogen (secondary N) is 1. The summed E-state index contributed by atoms with van der Waals surface area (Å²) in [5.41, 5.74) is 0.597. The molecule has 0 aliphatic heterocycles. The van der Waals surface area contributed by atoms with Gasteiger partial charge in [0.05, 0.1) is 11.9 Å². The van der Waals surface area contributed by atoms with E-state index in [0.717, 1.165) is 0 Å². The SMILES string of the molecule is CC(Cl)C(=O)Nc1ccc(-n2cnnc2)nc1. The lowest BCUT2D eigenvalue weighted by atomic mass is 10.3. The highest BCUT2D eigenvalue weighted by atomic mass is 35.5. The molecule has 0 fully saturated rings. The second-order valence-corrected chi connectivity index (χ2v) is 4.03. The van der Waals surface area contributed by atoms with Crippen molar-refractivity contribution < 1.29 is 4.79 Å². The molecule has 7 heteroatoms. The molecule has 1 atom stereocenters. The van der Waals surface area contributed by atoms with Gasteiger partial charge in [0, 0.05) is 0 Å². The van der Waals surface area contributed by atoms with Gasteiger partial charge in [0.1, 0.15) is 23.8 Å². The maximum absolute atomic E-state index is 11.3. The highest BCUT2D eigenvalue weighted by Gasteiger charge is 2.09. The summed E-state index contributed by atoms with van der Waals surface area (Å²) in [6.07, 6.45) is 4.63. The first-order valence-corrected chi connectivity index (χ1v) is 5.36. The number of amides is 1. The summed E-state index contributed by atoms with van der Waals surface area (Å²) in [4.78, 5) is 15.5. The minimum absolute atomic E-state index is 0.259. The Hall–Kier alpha value is -1.95. The third-order valence-corrected chi connectivity index (χ3v) is 2.26. The molecule has 2 aromatic heterocycles. The van der Waals surface area contributed by atoms with E-state index in [2.05, 4.69) is 20.5 Å². The standard InChI is InChI=1S/C10H10ClN5O/c1-7(11)10(17)15-8-2-3-9(12-4-8)16-5-13-14-6-16/h2-7H,1H3,(H,15,17). The number of hydrogen-bond acceptors (Lipinski definition) is 4. The lowest BCUT2D eigenvalue weighted by Gasteiger charge is -2.06. The molecule has 0 saturated carbocycles. The Morgan fingerprint density at radius 2 is 2.12 bits per heavy atom. The van der Waals surface area contributed by atoms with Gasteiger partial charge in [-0.2, -0.15) is 0 Å². The predicted octanol–water partition coefficient (Wildman–Crippen LogP) is 1.23. The van der Waals surface area contributed by atoms with E-state index in [1.54, 1.807) is 42.5 Å². The second-order valence-electron chi connectivity index (χ2n) is 3.38. The summed E-state index contributed by atoms with van der Waals surface area (Å²) in [5.74, 6) is 0.414. The molecule has 0 aromatic carbocycles. The zero-order valence-corrected chi connectivity index (χ0v) is 9.80. The van der Waals surface area contributed by atoms with Crippen LogP contribution in [0, 0.1) is 0 Å². The van der Waals surface area contributed by atoms with Crippen molar-refractivity contribution in [3.05, 3.63) is 31.0 Å². The van der Waals surface area contributed by atoms with E-state index in [1.807, 2.05) is 0 Å². The Balaban J connectivity index is 2.11. The maximum atomic E-state index is 11.3. The van der Waals surface area contributed by atoms with Crippen molar-refractivity contribution in [2.75, 3.05) is 5.32 Å². The first kappa shape index (κ1) is 11.5. The van der Waals surface area contributed by atoms with Crippen molar-refractivity contribution in [2.45, 2.75) is 12.3 Å². The van der Waals surface area contributed by atoms with Crippen molar-refractivity contribution in [3.63, 3.8) is 0 Å². The molecule has 0 saturated heterocycles. The largest absolute Gasteiger partial charge is 0.323 e. The Morgan fingerprint density at radius 1 is 1.41 bits per heavy atom. The van der Waals surface area contributed by atoms with Crippen LogP contribution in [0.25, 0.3) is 5.82 Å². The quantitative estimate of drug-likeness (QED) is 0.833. The highest BCUT2D eigenvalue weighted by molar-refractivity contribution is 6.32. The number of rotatable bonds is 3. The fourth-order valence-corrected chi connectivity index (χ4v) is 1.23. The molecule has 2 rings (SSSR count). The van der Waals surface area contributed by atoms with Gasteiger partial charge in [0.15, 0.2) is 0 Å². The molecule has 0 bridgehead atoms. The summed E-state index contributed by atoms with van der Waals surface area (Å²) < 4.78 is 1.66. The Labute approximate surface area is 103 Å². The van der Waals surface area contributed by atoms with Gasteiger partial charge >= 0.3 is 0 Å². The van der Waals surface area contributed by atoms with Gasteiger partial charge in [-0.1, -0.05) is 0 Å². The van der Waals surface area contributed by atoms with E-state index in [9.17, 15) is 4.79 Å². The zero-order chi connectivity index (χ0) is 12.3. The van der Waals surface area contributed by atoms with Crippen LogP contribution < -0.4 is 5.32 Å². The summed E-state index contributed by atoms with van der Waals surface area (Å²) in [5, 5.41) is 9.42. The fourth-order valence-electron chi connectivity index (χ4n) is 1.17. The van der Waals surface area contributed by atoms with Crippen LogP contribution in [0.3, 0.4) is 0 Å². The minimum atomic E-state index is -0.576. The lowest BCUT2D eigenvalue weighted by molar-refractivity contribution is -0.115. The molecule has 2 heterocycles.